The van der Waals surface area contributed by atoms with Crippen molar-refractivity contribution in [1.29, 1.82) is 0 Å². The number of amides is 1. The maximum Gasteiger partial charge on any atom is 0.275 e. The number of aromatic nitrogens is 2. The Balaban J connectivity index is 1.74. The molecule has 1 aromatic heterocycles. The molecule has 0 aliphatic rings. The zero-order valence-corrected chi connectivity index (χ0v) is 14.6. The van der Waals surface area contributed by atoms with Crippen LogP contribution >= 0.6 is 11.6 Å². The van der Waals surface area contributed by atoms with Gasteiger partial charge in [0.05, 0.1) is 23.1 Å². The molecule has 3 aromatic rings. The van der Waals surface area contributed by atoms with Crippen LogP contribution in [-0.4, -0.2) is 15.9 Å². The number of halogens is 1. The van der Waals surface area contributed by atoms with Crippen molar-refractivity contribution in [2.45, 2.75) is 13.8 Å². The number of benzene rings is 2. The fourth-order valence-corrected chi connectivity index (χ4v) is 2.58. The lowest BCUT2D eigenvalue weighted by atomic mass is 10.1. The molecule has 0 fully saturated rings. The van der Waals surface area contributed by atoms with Crippen molar-refractivity contribution in [2.75, 3.05) is 10.6 Å². The number of anilines is 3. The second-order valence-corrected chi connectivity index (χ2v) is 6.02. The molecule has 1 amide bonds. The van der Waals surface area contributed by atoms with E-state index in [1.54, 1.807) is 6.07 Å². The van der Waals surface area contributed by atoms with Crippen molar-refractivity contribution in [3.05, 3.63) is 76.7 Å². The van der Waals surface area contributed by atoms with Gasteiger partial charge in [-0.2, -0.15) is 0 Å². The van der Waals surface area contributed by atoms with Gasteiger partial charge in [0.1, 0.15) is 11.5 Å². The number of carbonyl (C=O) groups excluding carboxylic acids is 1. The fraction of sp³-hybridized carbons (Fsp3) is 0.105. The Morgan fingerprint density at radius 1 is 0.960 bits per heavy atom. The largest absolute Gasteiger partial charge is 0.338 e. The van der Waals surface area contributed by atoms with Crippen molar-refractivity contribution >= 4 is 34.7 Å². The minimum absolute atomic E-state index is 0.243. The Hall–Kier alpha value is -2.92. The molecule has 0 atom stereocenters. The van der Waals surface area contributed by atoms with Gasteiger partial charge in [-0.25, -0.2) is 9.97 Å². The summed E-state index contributed by atoms with van der Waals surface area (Å²) in [4.78, 5) is 20.8. The molecule has 3 rings (SSSR count). The van der Waals surface area contributed by atoms with Crippen LogP contribution in [0.2, 0.25) is 5.02 Å². The van der Waals surface area contributed by atoms with Gasteiger partial charge in [0, 0.05) is 5.69 Å². The summed E-state index contributed by atoms with van der Waals surface area (Å²) in [5.41, 5.74) is 3.77. The van der Waals surface area contributed by atoms with Gasteiger partial charge in [-0.05, 0) is 37.1 Å². The van der Waals surface area contributed by atoms with E-state index in [1.807, 2.05) is 50.2 Å². The molecule has 0 aliphatic carbocycles. The molecule has 0 radical (unpaired) electrons. The first-order valence-corrected chi connectivity index (χ1v) is 8.13. The number of hydrogen-bond acceptors (Lipinski definition) is 4. The molecule has 2 N–H and O–H groups in total. The van der Waals surface area contributed by atoms with Gasteiger partial charge in [-0.3, -0.25) is 4.79 Å². The van der Waals surface area contributed by atoms with Crippen molar-refractivity contribution < 1.29 is 4.79 Å². The summed E-state index contributed by atoms with van der Waals surface area (Å²) in [6.45, 7) is 3.90. The molecule has 126 valence electrons. The maximum absolute atomic E-state index is 12.4. The normalized spacial score (nSPS) is 10.4. The molecule has 0 unspecified atom stereocenters. The number of carbonyl (C=O) groups is 1. The summed E-state index contributed by atoms with van der Waals surface area (Å²) in [6, 6.07) is 13.2. The summed E-state index contributed by atoms with van der Waals surface area (Å²) < 4.78 is 0. The molecule has 25 heavy (non-hydrogen) atoms. The van der Waals surface area contributed by atoms with E-state index in [1.165, 1.54) is 12.4 Å². The predicted molar refractivity (Wildman–Crippen MR) is 101 cm³/mol. The highest BCUT2D eigenvalue weighted by atomic mass is 35.5. The van der Waals surface area contributed by atoms with Crippen LogP contribution in [0.4, 0.5) is 17.2 Å². The van der Waals surface area contributed by atoms with Gasteiger partial charge in [0.2, 0.25) is 0 Å². The maximum atomic E-state index is 12.4. The standard InChI is InChI=1S/C19H17ClN4O/c1-12-6-5-7-13(2)18(12)24-19(25)16-10-22-17(11-21-16)23-15-9-4-3-8-14(15)20/h3-11H,1-2H3,(H,22,23)(H,24,25). The van der Waals surface area contributed by atoms with E-state index in [-0.39, 0.29) is 11.6 Å². The van der Waals surface area contributed by atoms with Crippen LogP contribution in [0.25, 0.3) is 0 Å². The average molecular weight is 353 g/mol. The molecule has 1 heterocycles. The minimum atomic E-state index is -0.297. The van der Waals surface area contributed by atoms with Crippen LogP contribution in [0.15, 0.2) is 54.9 Å². The molecule has 0 saturated carbocycles. The zero-order chi connectivity index (χ0) is 17.8. The van der Waals surface area contributed by atoms with E-state index in [4.69, 9.17) is 11.6 Å². The molecule has 0 saturated heterocycles. The van der Waals surface area contributed by atoms with Crippen LogP contribution in [0.3, 0.4) is 0 Å². The molecule has 0 spiro atoms. The van der Waals surface area contributed by atoms with E-state index in [0.29, 0.717) is 10.8 Å². The summed E-state index contributed by atoms with van der Waals surface area (Å²) in [5, 5.41) is 6.54. The van der Waals surface area contributed by atoms with Crippen LogP contribution in [0.1, 0.15) is 21.6 Å². The van der Waals surface area contributed by atoms with Crippen molar-refractivity contribution in [3.8, 4) is 0 Å². The fourth-order valence-electron chi connectivity index (χ4n) is 2.40. The van der Waals surface area contributed by atoms with Gasteiger partial charge in [-0.15, -0.1) is 0 Å². The highest BCUT2D eigenvalue weighted by Gasteiger charge is 2.11. The minimum Gasteiger partial charge on any atom is -0.338 e. The number of hydrogen-bond donors (Lipinski definition) is 2. The lowest BCUT2D eigenvalue weighted by Gasteiger charge is -2.11. The predicted octanol–water partition coefficient (Wildman–Crippen LogP) is 4.74. The van der Waals surface area contributed by atoms with Gasteiger partial charge in [0.25, 0.3) is 5.91 Å². The number of nitrogens with zero attached hydrogens (tertiary/aromatic N) is 2. The Morgan fingerprint density at radius 2 is 1.68 bits per heavy atom. The Morgan fingerprint density at radius 3 is 2.32 bits per heavy atom. The number of aryl methyl sites for hydroxylation is 2. The second-order valence-electron chi connectivity index (χ2n) is 5.61. The quantitative estimate of drug-likeness (QED) is 0.711. The van der Waals surface area contributed by atoms with Gasteiger partial charge in [0.15, 0.2) is 0 Å². The van der Waals surface area contributed by atoms with E-state index in [9.17, 15) is 4.79 Å². The number of nitrogens with one attached hydrogen (secondary N) is 2. The highest BCUT2D eigenvalue weighted by molar-refractivity contribution is 6.33. The SMILES string of the molecule is Cc1cccc(C)c1NC(=O)c1cnc(Nc2ccccc2Cl)cn1. The van der Waals surface area contributed by atoms with Crippen LogP contribution < -0.4 is 10.6 Å². The van der Waals surface area contributed by atoms with Crippen LogP contribution in [0, 0.1) is 13.8 Å². The van der Waals surface area contributed by atoms with Gasteiger partial charge >= 0.3 is 0 Å². The monoisotopic (exact) mass is 352 g/mol. The van der Waals surface area contributed by atoms with Gasteiger partial charge in [-0.1, -0.05) is 41.9 Å². The lowest BCUT2D eigenvalue weighted by molar-refractivity contribution is 0.102. The first-order chi connectivity index (χ1) is 12.0. The molecule has 2 aromatic carbocycles. The van der Waals surface area contributed by atoms with Gasteiger partial charge < -0.3 is 10.6 Å². The summed E-state index contributed by atoms with van der Waals surface area (Å²) in [5.74, 6) is 0.214. The van der Waals surface area contributed by atoms with Crippen molar-refractivity contribution in [3.63, 3.8) is 0 Å². The van der Waals surface area contributed by atoms with Crippen LogP contribution in [0.5, 0.6) is 0 Å². The van der Waals surface area contributed by atoms with E-state index >= 15 is 0 Å². The highest BCUT2D eigenvalue weighted by Crippen LogP contribution is 2.24. The second kappa shape index (κ2) is 7.32. The third-order valence-corrected chi connectivity index (χ3v) is 4.07. The average Bonchev–Trinajstić information content (AvgIpc) is 2.61. The van der Waals surface area contributed by atoms with Crippen molar-refractivity contribution in [2.24, 2.45) is 0 Å². The first kappa shape index (κ1) is 16.9. The van der Waals surface area contributed by atoms with E-state index in [0.717, 1.165) is 22.5 Å². The molecule has 0 aliphatic heterocycles. The van der Waals surface area contributed by atoms with Crippen molar-refractivity contribution in [1.82, 2.24) is 9.97 Å². The summed E-state index contributed by atoms with van der Waals surface area (Å²) >= 11 is 6.10. The number of para-hydroxylation sites is 2. The molecule has 0 bridgehead atoms. The third-order valence-electron chi connectivity index (χ3n) is 3.74. The summed E-state index contributed by atoms with van der Waals surface area (Å²) in [6.07, 6.45) is 2.94. The lowest BCUT2D eigenvalue weighted by Crippen LogP contribution is -2.15. The smallest absolute Gasteiger partial charge is 0.275 e. The first-order valence-electron chi connectivity index (χ1n) is 7.76. The molecule has 5 nitrogen and oxygen atoms in total. The molecular weight excluding hydrogens is 336 g/mol. The zero-order valence-electron chi connectivity index (χ0n) is 13.9. The topological polar surface area (TPSA) is 66.9 Å². The van der Waals surface area contributed by atoms with E-state index in [2.05, 4.69) is 20.6 Å². The van der Waals surface area contributed by atoms with E-state index < -0.39 is 0 Å². The Kier molecular flexibility index (Phi) is 4.95. The summed E-state index contributed by atoms with van der Waals surface area (Å²) in [7, 11) is 0. The Labute approximate surface area is 151 Å². The molecule has 6 heteroatoms. The Bertz CT molecular complexity index is 889. The number of rotatable bonds is 4. The third kappa shape index (κ3) is 3.95. The van der Waals surface area contributed by atoms with Crippen LogP contribution in [-0.2, 0) is 0 Å². The molecular formula is C19H17ClN4O.